The number of fused-ring (bicyclic) bond motifs is 1. The van der Waals surface area contributed by atoms with Crippen molar-refractivity contribution in [2.45, 2.75) is 13.8 Å². The van der Waals surface area contributed by atoms with Gasteiger partial charge in [0.15, 0.2) is 5.65 Å². The minimum atomic E-state index is 0.552. The van der Waals surface area contributed by atoms with Crippen LogP contribution in [0.4, 0.5) is 11.4 Å². The van der Waals surface area contributed by atoms with Crippen LogP contribution in [-0.4, -0.2) is 21.7 Å². The minimum Gasteiger partial charge on any atom is -0.496 e. The normalized spacial score (nSPS) is 11.0. The van der Waals surface area contributed by atoms with Crippen molar-refractivity contribution in [3.8, 4) is 5.75 Å². The van der Waals surface area contributed by atoms with Gasteiger partial charge in [-0.25, -0.2) is 9.50 Å². The van der Waals surface area contributed by atoms with Crippen LogP contribution in [0, 0.1) is 13.8 Å². The van der Waals surface area contributed by atoms with Gasteiger partial charge in [-0.05, 0) is 32.0 Å². The second-order valence-corrected chi connectivity index (χ2v) is 5.69. The summed E-state index contributed by atoms with van der Waals surface area (Å²) in [5.41, 5.74) is 3.82. The Morgan fingerprint density at radius 1 is 1.14 bits per heavy atom. The maximum absolute atomic E-state index is 6.38. The summed E-state index contributed by atoms with van der Waals surface area (Å²) in [7, 11) is 1.62. The highest BCUT2D eigenvalue weighted by molar-refractivity contribution is 6.35. The molecule has 0 saturated heterocycles. The van der Waals surface area contributed by atoms with Crippen molar-refractivity contribution in [3.63, 3.8) is 0 Å². The third kappa shape index (κ3) is 2.36. The van der Waals surface area contributed by atoms with Gasteiger partial charge in [-0.15, -0.1) is 0 Å². The number of aromatic nitrogens is 3. The molecule has 0 unspecified atom stereocenters. The fraction of sp³-hybridized carbons (Fsp3) is 0.200. The molecule has 0 bridgehead atoms. The van der Waals surface area contributed by atoms with Crippen LogP contribution < -0.4 is 10.1 Å². The number of hydrogen-bond acceptors (Lipinski definition) is 4. The van der Waals surface area contributed by atoms with Crippen LogP contribution in [0.5, 0.6) is 5.75 Å². The molecule has 22 heavy (non-hydrogen) atoms. The number of ether oxygens (including phenoxy) is 1. The fourth-order valence-corrected chi connectivity index (χ4v) is 2.91. The molecule has 5 nitrogen and oxygen atoms in total. The fourth-order valence-electron chi connectivity index (χ4n) is 2.37. The molecule has 2 aromatic heterocycles. The average Bonchev–Trinajstić information content (AvgIpc) is 2.96. The third-order valence-electron chi connectivity index (χ3n) is 3.51. The van der Waals surface area contributed by atoms with Crippen LogP contribution in [0.2, 0.25) is 10.0 Å². The van der Waals surface area contributed by atoms with Crippen molar-refractivity contribution in [3.05, 3.63) is 45.8 Å². The van der Waals surface area contributed by atoms with Crippen LogP contribution in [0.25, 0.3) is 5.65 Å². The molecule has 1 N–H and O–H groups in total. The van der Waals surface area contributed by atoms with Crippen molar-refractivity contribution < 1.29 is 4.74 Å². The van der Waals surface area contributed by atoms with E-state index in [-0.39, 0.29) is 0 Å². The van der Waals surface area contributed by atoms with Crippen LogP contribution in [0.15, 0.2) is 24.5 Å². The number of hydrogen-bond donors (Lipinski definition) is 1. The van der Waals surface area contributed by atoms with Gasteiger partial charge in [0.2, 0.25) is 0 Å². The summed E-state index contributed by atoms with van der Waals surface area (Å²) in [5, 5.41) is 8.59. The Balaban J connectivity index is 2.17. The van der Waals surface area contributed by atoms with Crippen LogP contribution >= 0.6 is 23.2 Å². The Kier molecular flexibility index (Phi) is 3.85. The Labute approximate surface area is 137 Å². The number of nitrogens with zero attached hydrogens (tertiary/aromatic N) is 3. The number of benzene rings is 1. The van der Waals surface area contributed by atoms with Crippen molar-refractivity contribution in [1.82, 2.24) is 14.6 Å². The van der Waals surface area contributed by atoms with Gasteiger partial charge in [0, 0.05) is 11.3 Å². The Morgan fingerprint density at radius 2 is 1.91 bits per heavy atom. The quantitative estimate of drug-likeness (QED) is 0.769. The number of anilines is 2. The molecule has 0 aliphatic heterocycles. The van der Waals surface area contributed by atoms with Gasteiger partial charge in [-0.1, -0.05) is 23.2 Å². The van der Waals surface area contributed by atoms with Gasteiger partial charge in [0.1, 0.15) is 17.8 Å². The highest BCUT2D eigenvalue weighted by Gasteiger charge is 2.15. The summed E-state index contributed by atoms with van der Waals surface area (Å²) < 4.78 is 7.06. The molecular weight excluding hydrogens is 323 g/mol. The first-order chi connectivity index (χ1) is 10.5. The van der Waals surface area contributed by atoms with E-state index < -0.39 is 0 Å². The van der Waals surface area contributed by atoms with Crippen molar-refractivity contribution >= 4 is 40.2 Å². The predicted molar refractivity (Wildman–Crippen MR) is 88.8 cm³/mol. The zero-order chi connectivity index (χ0) is 15.9. The lowest BCUT2D eigenvalue weighted by Crippen LogP contribution is -2.02. The largest absolute Gasteiger partial charge is 0.496 e. The number of nitrogens with one attached hydrogen (secondary N) is 1. The summed E-state index contributed by atoms with van der Waals surface area (Å²) in [6.07, 6.45) is 1.49. The maximum atomic E-state index is 6.38. The van der Waals surface area contributed by atoms with Crippen LogP contribution in [0.3, 0.4) is 0 Å². The van der Waals surface area contributed by atoms with Crippen LogP contribution in [-0.2, 0) is 0 Å². The molecule has 0 amide bonds. The highest BCUT2D eigenvalue weighted by atomic mass is 35.5. The first-order valence-corrected chi connectivity index (χ1v) is 7.37. The molecule has 114 valence electrons. The van der Waals surface area contributed by atoms with E-state index in [0.717, 1.165) is 22.7 Å². The molecule has 0 radical (unpaired) electrons. The molecule has 3 aromatic rings. The molecule has 7 heteroatoms. The highest BCUT2D eigenvalue weighted by Crippen LogP contribution is 2.37. The number of pyridine rings is 1. The van der Waals surface area contributed by atoms with E-state index in [9.17, 15) is 0 Å². The standard InChI is InChI=1S/C15H14Cl2N4O/c1-8-6-11(17)14(15-18-7-19-21(8)15)20-13-9(2)12(22-3)5-4-10(13)16/h4-7,20H,1-3H3. The molecule has 0 spiro atoms. The molecular formula is C15H14Cl2N4O. The summed E-state index contributed by atoms with van der Waals surface area (Å²) in [5.74, 6) is 0.743. The van der Waals surface area contributed by atoms with Gasteiger partial charge < -0.3 is 10.1 Å². The zero-order valence-electron chi connectivity index (χ0n) is 12.3. The van der Waals surface area contributed by atoms with E-state index >= 15 is 0 Å². The lowest BCUT2D eigenvalue weighted by molar-refractivity contribution is 0.412. The van der Waals surface area contributed by atoms with Crippen LogP contribution in [0.1, 0.15) is 11.3 Å². The van der Waals surface area contributed by atoms with E-state index in [1.54, 1.807) is 17.7 Å². The number of methoxy groups -OCH3 is 1. The molecule has 0 aliphatic rings. The van der Waals surface area contributed by atoms with E-state index in [1.807, 2.05) is 26.0 Å². The topological polar surface area (TPSA) is 51.5 Å². The summed E-state index contributed by atoms with van der Waals surface area (Å²) in [4.78, 5) is 4.27. The Bertz CT molecular complexity index is 860. The summed E-state index contributed by atoms with van der Waals surface area (Å²) in [6.45, 7) is 3.84. The van der Waals surface area contributed by atoms with E-state index in [0.29, 0.717) is 21.4 Å². The minimum absolute atomic E-state index is 0.552. The molecule has 1 aromatic carbocycles. The van der Waals surface area contributed by atoms with Gasteiger partial charge in [-0.3, -0.25) is 0 Å². The number of aryl methyl sites for hydroxylation is 1. The second-order valence-electron chi connectivity index (χ2n) is 4.88. The Morgan fingerprint density at radius 3 is 2.64 bits per heavy atom. The van der Waals surface area contributed by atoms with Crippen molar-refractivity contribution in [2.24, 2.45) is 0 Å². The number of rotatable bonds is 3. The number of halogens is 2. The molecule has 0 fully saturated rings. The zero-order valence-corrected chi connectivity index (χ0v) is 13.8. The van der Waals surface area contributed by atoms with Crippen molar-refractivity contribution in [2.75, 3.05) is 12.4 Å². The van der Waals surface area contributed by atoms with E-state index in [4.69, 9.17) is 27.9 Å². The van der Waals surface area contributed by atoms with Gasteiger partial charge in [0.25, 0.3) is 0 Å². The van der Waals surface area contributed by atoms with Crippen molar-refractivity contribution in [1.29, 1.82) is 0 Å². The average molecular weight is 337 g/mol. The van der Waals surface area contributed by atoms with E-state index in [2.05, 4.69) is 15.4 Å². The molecule has 2 heterocycles. The Hall–Kier alpha value is -1.98. The van der Waals surface area contributed by atoms with E-state index in [1.165, 1.54) is 6.33 Å². The molecule has 0 saturated carbocycles. The third-order valence-corrected chi connectivity index (χ3v) is 4.13. The first kappa shape index (κ1) is 14.9. The molecule has 3 rings (SSSR count). The molecule has 0 atom stereocenters. The predicted octanol–water partition coefficient (Wildman–Crippen LogP) is 4.41. The lowest BCUT2D eigenvalue weighted by atomic mass is 10.1. The van der Waals surface area contributed by atoms with Gasteiger partial charge in [0.05, 0.1) is 22.8 Å². The monoisotopic (exact) mass is 336 g/mol. The smallest absolute Gasteiger partial charge is 0.180 e. The summed E-state index contributed by atoms with van der Waals surface area (Å²) >= 11 is 12.7. The SMILES string of the molecule is COc1ccc(Cl)c(Nc2c(Cl)cc(C)n3ncnc23)c1C. The molecule has 0 aliphatic carbocycles. The maximum Gasteiger partial charge on any atom is 0.180 e. The second kappa shape index (κ2) is 5.66. The van der Waals surface area contributed by atoms with Gasteiger partial charge in [-0.2, -0.15) is 5.10 Å². The lowest BCUT2D eigenvalue weighted by Gasteiger charge is -2.16. The first-order valence-electron chi connectivity index (χ1n) is 6.62. The summed E-state index contributed by atoms with van der Waals surface area (Å²) in [6, 6.07) is 5.43. The van der Waals surface area contributed by atoms with Gasteiger partial charge >= 0.3 is 0 Å².